The number of hydrogen-bond donors (Lipinski definition) is 1. The van der Waals surface area contributed by atoms with Crippen molar-refractivity contribution in [3.8, 4) is 0 Å². The van der Waals surface area contributed by atoms with Crippen molar-refractivity contribution in [3.05, 3.63) is 65.2 Å². The fraction of sp³-hybridized carbons (Fsp3) is 0.188. The summed E-state index contributed by atoms with van der Waals surface area (Å²) in [5.74, 6) is -0.351. The van der Waals surface area contributed by atoms with Crippen molar-refractivity contribution in [1.29, 1.82) is 0 Å². The maximum Gasteiger partial charge on any atom is 0.416 e. The van der Waals surface area contributed by atoms with E-state index in [1.165, 1.54) is 12.3 Å². The van der Waals surface area contributed by atoms with Gasteiger partial charge in [-0.15, -0.1) is 0 Å². The third kappa shape index (κ3) is 2.56. The first-order valence-electron chi connectivity index (χ1n) is 6.45. The lowest BCUT2D eigenvalue weighted by molar-refractivity contribution is -0.137. The van der Waals surface area contributed by atoms with Crippen LogP contribution in [-0.4, -0.2) is 11.3 Å². The summed E-state index contributed by atoms with van der Waals surface area (Å²) in [6, 6.07) is 12.5. The second-order valence-electron chi connectivity index (χ2n) is 4.93. The number of aliphatic hydroxyl groups is 1. The zero-order valence-corrected chi connectivity index (χ0v) is 10.9. The molecule has 0 fully saturated rings. The van der Waals surface area contributed by atoms with E-state index in [-0.39, 0.29) is 11.6 Å². The van der Waals surface area contributed by atoms with Crippen LogP contribution in [0.2, 0.25) is 0 Å². The topological polar surface area (TPSA) is 32.6 Å². The quantitative estimate of drug-likeness (QED) is 0.837. The van der Waals surface area contributed by atoms with Gasteiger partial charge in [-0.3, -0.25) is 4.99 Å². The molecule has 2 unspecified atom stereocenters. The molecule has 0 bridgehead atoms. The van der Waals surface area contributed by atoms with E-state index in [9.17, 15) is 18.3 Å². The lowest BCUT2D eigenvalue weighted by atomic mass is 9.87. The Bertz CT molecular complexity index is 680. The van der Waals surface area contributed by atoms with Crippen molar-refractivity contribution in [2.75, 3.05) is 0 Å². The predicted octanol–water partition coefficient (Wildman–Crippen LogP) is 4.24. The van der Waals surface area contributed by atoms with Crippen LogP contribution in [0.25, 0.3) is 0 Å². The molecule has 0 saturated heterocycles. The Morgan fingerprint density at radius 3 is 2.38 bits per heavy atom. The van der Waals surface area contributed by atoms with E-state index in [0.29, 0.717) is 5.56 Å². The Morgan fingerprint density at radius 1 is 1.00 bits per heavy atom. The van der Waals surface area contributed by atoms with Crippen LogP contribution >= 0.6 is 0 Å². The molecule has 0 aromatic heterocycles. The lowest BCUT2D eigenvalue weighted by Gasteiger charge is -2.25. The molecule has 0 spiro atoms. The Hall–Kier alpha value is -2.14. The number of nitrogens with zero attached hydrogens (tertiary/aromatic N) is 1. The maximum atomic E-state index is 12.7. The molecule has 2 nitrogen and oxygen atoms in total. The Kier molecular flexibility index (Phi) is 3.29. The van der Waals surface area contributed by atoms with Crippen LogP contribution in [-0.2, 0) is 6.18 Å². The summed E-state index contributed by atoms with van der Waals surface area (Å²) in [4.78, 5) is 4.09. The summed E-state index contributed by atoms with van der Waals surface area (Å²) in [5, 5.41) is 10.4. The molecule has 1 heterocycles. The molecule has 1 aliphatic heterocycles. The van der Waals surface area contributed by atoms with Gasteiger partial charge in [0.1, 0.15) is 0 Å². The highest BCUT2D eigenvalue weighted by molar-refractivity contribution is 5.77. The van der Waals surface area contributed by atoms with E-state index >= 15 is 0 Å². The number of benzene rings is 2. The van der Waals surface area contributed by atoms with Crippen LogP contribution in [0, 0.1) is 0 Å². The van der Waals surface area contributed by atoms with E-state index < -0.39 is 17.8 Å². The molecule has 1 N–H and O–H groups in total. The molecule has 1 aliphatic rings. The first-order valence-corrected chi connectivity index (χ1v) is 6.45. The van der Waals surface area contributed by atoms with Crippen molar-refractivity contribution in [1.82, 2.24) is 0 Å². The highest BCUT2D eigenvalue weighted by atomic mass is 19.4. The standard InChI is InChI=1S/C16H12F3NO/c17-16(18,19)11-6-7-12-14(8-11)20-9-13(15(12)21)10-4-2-1-3-5-10/h1-9,13,15,21H. The van der Waals surface area contributed by atoms with Gasteiger partial charge >= 0.3 is 6.18 Å². The molecular weight excluding hydrogens is 279 g/mol. The summed E-state index contributed by atoms with van der Waals surface area (Å²) in [6.45, 7) is 0. The predicted molar refractivity (Wildman–Crippen MR) is 73.7 cm³/mol. The average molecular weight is 291 g/mol. The number of fused-ring (bicyclic) bond motifs is 1. The number of hydrogen-bond acceptors (Lipinski definition) is 2. The smallest absolute Gasteiger partial charge is 0.387 e. The van der Waals surface area contributed by atoms with Crippen LogP contribution in [0.3, 0.4) is 0 Å². The SMILES string of the molecule is OC1c2ccc(C(F)(F)F)cc2N=CC1c1ccccc1. The molecule has 2 aromatic rings. The van der Waals surface area contributed by atoms with Crippen molar-refractivity contribution in [2.24, 2.45) is 4.99 Å². The Balaban J connectivity index is 1.99. The van der Waals surface area contributed by atoms with Crippen LogP contribution < -0.4 is 0 Å². The molecule has 2 atom stereocenters. The average Bonchev–Trinajstić information content (AvgIpc) is 2.47. The zero-order chi connectivity index (χ0) is 15.0. The summed E-state index contributed by atoms with van der Waals surface area (Å²) >= 11 is 0. The molecule has 0 aliphatic carbocycles. The number of alkyl halides is 3. The number of aliphatic imine (C=N–C) groups is 1. The number of rotatable bonds is 1. The second kappa shape index (κ2) is 5.00. The zero-order valence-electron chi connectivity index (χ0n) is 10.9. The number of halogens is 3. The van der Waals surface area contributed by atoms with Crippen LogP contribution in [0.5, 0.6) is 0 Å². The van der Waals surface area contributed by atoms with Gasteiger partial charge in [0, 0.05) is 17.7 Å². The minimum atomic E-state index is -4.41. The largest absolute Gasteiger partial charge is 0.416 e. The molecular formula is C16H12F3NO. The summed E-state index contributed by atoms with van der Waals surface area (Å²) in [7, 11) is 0. The molecule has 5 heteroatoms. The van der Waals surface area contributed by atoms with E-state index in [2.05, 4.69) is 4.99 Å². The van der Waals surface area contributed by atoms with Gasteiger partial charge < -0.3 is 5.11 Å². The highest BCUT2D eigenvalue weighted by Crippen LogP contribution is 2.41. The van der Waals surface area contributed by atoms with Gasteiger partial charge in [-0.1, -0.05) is 36.4 Å². The van der Waals surface area contributed by atoms with E-state index in [1.54, 1.807) is 0 Å². The first kappa shape index (κ1) is 13.8. The summed E-state index contributed by atoms with van der Waals surface area (Å²) < 4.78 is 38.0. The Labute approximate surface area is 119 Å². The second-order valence-corrected chi connectivity index (χ2v) is 4.93. The van der Waals surface area contributed by atoms with Gasteiger partial charge in [0.25, 0.3) is 0 Å². The lowest BCUT2D eigenvalue weighted by Crippen LogP contribution is -2.16. The van der Waals surface area contributed by atoms with Gasteiger partial charge in [-0.25, -0.2) is 0 Å². The minimum absolute atomic E-state index is 0.171. The van der Waals surface area contributed by atoms with Crippen LogP contribution in [0.4, 0.5) is 18.9 Å². The van der Waals surface area contributed by atoms with E-state index in [0.717, 1.165) is 17.7 Å². The third-order valence-electron chi connectivity index (χ3n) is 3.58. The van der Waals surface area contributed by atoms with Gasteiger partial charge in [0.15, 0.2) is 0 Å². The van der Waals surface area contributed by atoms with Crippen LogP contribution in [0.1, 0.15) is 28.7 Å². The monoisotopic (exact) mass is 291 g/mol. The molecule has 0 amide bonds. The van der Waals surface area contributed by atoms with Crippen molar-refractivity contribution in [2.45, 2.75) is 18.2 Å². The van der Waals surface area contributed by atoms with Crippen LogP contribution in [0.15, 0.2) is 53.5 Å². The molecule has 3 rings (SSSR count). The summed E-state index contributed by atoms with van der Waals surface area (Å²) in [6.07, 6.45) is -3.81. The molecule has 108 valence electrons. The highest BCUT2D eigenvalue weighted by Gasteiger charge is 2.33. The van der Waals surface area contributed by atoms with Gasteiger partial charge in [-0.05, 0) is 17.7 Å². The van der Waals surface area contributed by atoms with E-state index in [4.69, 9.17) is 0 Å². The maximum absolute atomic E-state index is 12.7. The molecule has 2 aromatic carbocycles. The van der Waals surface area contributed by atoms with E-state index in [1.807, 2.05) is 30.3 Å². The first-order chi connectivity index (χ1) is 9.97. The normalized spacial score (nSPS) is 21.1. The molecule has 0 radical (unpaired) electrons. The number of aliphatic hydroxyl groups excluding tert-OH is 1. The van der Waals surface area contributed by atoms with Gasteiger partial charge in [0.2, 0.25) is 0 Å². The molecule has 0 saturated carbocycles. The minimum Gasteiger partial charge on any atom is -0.387 e. The van der Waals surface area contributed by atoms with Crippen molar-refractivity contribution >= 4 is 11.9 Å². The Morgan fingerprint density at radius 2 is 1.71 bits per heavy atom. The summed E-state index contributed by atoms with van der Waals surface area (Å²) in [5.41, 5.74) is 0.701. The fourth-order valence-corrected chi connectivity index (χ4v) is 2.46. The van der Waals surface area contributed by atoms with Crippen molar-refractivity contribution < 1.29 is 18.3 Å². The molecule has 21 heavy (non-hydrogen) atoms. The van der Waals surface area contributed by atoms with Gasteiger partial charge in [0.05, 0.1) is 17.4 Å². The fourth-order valence-electron chi connectivity index (χ4n) is 2.46. The van der Waals surface area contributed by atoms with Gasteiger partial charge in [-0.2, -0.15) is 13.2 Å². The third-order valence-corrected chi connectivity index (χ3v) is 3.58. The van der Waals surface area contributed by atoms with Crippen molar-refractivity contribution in [3.63, 3.8) is 0 Å².